The smallest absolute Gasteiger partial charge is 0.121 e. The van der Waals surface area contributed by atoms with Crippen molar-refractivity contribution in [2.75, 3.05) is 0 Å². The summed E-state index contributed by atoms with van der Waals surface area (Å²) < 4.78 is 5.55. The van der Waals surface area contributed by atoms with Gasteiger partial charge in [-0.1, -0.05) is 0 Å². The highest BCUT2D eigenvalue weighted by Gasteiger charge is 2.00. The largest absolute Gasteiger partial charge is 0.491 e. The van der Waals surface area contributed by atoms with Crippen molar-refractivity contribution in [1.82, 2.24) is 9.97 Å². The first-order valence-electron chi connectivity index (χ1n) is 4.63. The van der Waals surface area contributed by atoms with Crippen LogP contribution in [0.1, 0.15) is 13.8 Å². The maximum Gasteiger partial charge on any atom is 0.121 e. The van der Waals surface area contributed by atoms with Crippen LogP contribution in [-0.2, 0) is 0 Å². The van der Waals surface area contributed by atoms with Crippen molar-refractivity contribution in [3.8, 4) is 5.75 Å². The molecule has 3 heteroatoms. The molecule has 0 spiro atoms. The average Bonchev–Trinajstić information content (AvgIpc) is 2.17. The topological polar surface area (TPSA) is 35.0 Å². The standard InChI is InChI=1S/C11H12N2O/c1-8(2)14-9-3-4-10-11(7-9)13-6-5-12-10/h3-8H,1-2H3. The van der Waals surface area contributed by atoms with E-state index < -0.39 is 0 Å². The summed E-state index contributed by atoms with van der Waals surface area (Å²) in [6, 6.07) is 5.74. The molecule has 0 unspecified atom stereocenters. The molecule has 3 nitrogen and oxygen atoms in total. The number of rotatable bonds is 2. The zero-order chi connectivity index (χ0) is 9.97. The molecule has 1 heterocycles. The van der Waals surface area contributed by atoms with Gasteiger partial charge >= 0.3 is 0 Å². The number of benzene rings is 1. The lowest BCUT2D eigenvalue weighted by atomic mass is 10.3. The first kappa shape index (κ1) is 8.94. The lowest BCUT2D eigenvalue weighted by molar-refractivity contribution is 0.242. The molecule has 14 heavy (non-hydrogen) atoms. The fourth-order valence-corrected chi connectivity index (χ4v) is 1.29. The number of fused-ring (bicyclic) bond motifs is 1. The minimum Gasteiger partial charge on any atom is -0.491 e. The highest BCUT2D eigenvalue weighted by molar-refractivity contribution is 5.75. The normalized spacial score (nSPS) is 10.8. The number of aromatic nitrogens is 2. The average molecular weight is 188 g/mol. The summed E-state index contributed by atoms with van der Waals surface area (Å²) in [5, 5.41) is 0. The molecular weight excluding hydrogens is 176 g/mol. The summed E-state index contributed by atoms with van der Waals surface area (Å²) in [5.74, 6) is 0.841. The minimum absolute atomic E-state index is 0.184. The molecule has 1 aromatic heterocycles. The Hall–Kier alpha value is -1.64. The lowest BCUT2D eigenvalue weighted by Crippen LogP contribution is -2.05. The molecule has 0 radical (unpaired) electrons. The molecule has 2 aromatic rings. The second-order valence-electron chi connectivity index (χ2n) is 3.37. The van der Waals surface area contributed by atoms with E-state index in [9.17, 15) is 0 Å². The van der Waals surface area contributed by atoms with Crippen LogP contribution < -0.4 is 4.74 Å². The van der Waals surface area contributed by atoms with Gasteiger partial charge in [-0.3, -0.25) is 9.97 Å². The highest BCUT2D eigenvalue weighted by atomic mass is 16.5. The van der Waals surface area contributed by atoms with Gasteiger partial charge < -0.3 is 4.74 Å². The SMILES string of the molecule is CC(C)Oc1ccc2nccnc2c1. The molecule has 0 saturated carbocycles. The van der Waals surface area contributed by atoms with Gasteiger partial charge in [-0.15, -0.1) is 0 Å². The Balaban J connectivity index is 2.41. The van der Waals surface area contributed by atoms with Crippen LogP contribution in [0.25, 0.3) is 11.0 Å². The quantitative estimate of drug-likeness (QED) is 0.726. The third kappa shape index (κ3) is 1.82. The summed E-state index contributed by atoms with van der Waals surface area (Å²) in [6.45, 7) is 4.00. The number of hydrogen-bond acceptors (Lipinski definition) is 3. The van der Waals surface area contributed by atoms with Gasteiger partial charge in [0.2, 0.25) is 0 Å². The van der Waals surface area contributed by atoms with Crippen molar-refractivity contribution in [3.63, 3.8) is 0 Å². The maximum atomic E-state index is 5.55. The Labute approximate surface area is 82.8 Å². The van der Waals surface area contributed by atoms with E-state index in [-0.39, 0.29) is 6.10 Å². The highest BCUT2D eigenvalue weighted by Crippen LogP contribution is 2.17. The van der Waals surface area contributed by atoms with E-state index in [1.807, 2.05) is 32.0 Å². The van der Waals surface area contributed by atoms with Crippen LogP contribution in [0.15, 0.2) is 30.6 Å². The van der Waals surface area contributed by atoms with Crippen molar-refractivity contribution in [3.05, 3.63) is 30.6 Å². The van der Waals surface area contributed by atoms with Crippen LogP contribution in [0.3, 0.4) is 0 Å². The van der Waals surface area contributed by atoms with Crippen LogP contribution in [0.2, 0.25) is 0 Å². The summed E-state index contributed by atoms with van der Waals surface area (Å²) in [5.41, 5.74) is 1.76. The Morgan fingerprint density at radius 1 is 1.07 bits per heavy atom. The van der Waals surface area contributed by atoms with Crippen LogP contribution in [0, 0.1) is 0 Å². The second kappa shape index (κ2) is 3.62. The van der Waals surface area contributed by atoms with E-state index in [0.29, 0.717) is 0 Å². The molecule has 2 rings (SSSR count). The van der Waals surface area contributed by atoms with E-state index in [1.165, 1.54) is 0 Å². The van der Waals surface area contributed by atoms with Crippen molar-refractivity contribution in [2.45, 2.75) is 20.0 Å². The number of ether oxygens (including phenoxy) is 1. The van der Waals surface area contributed by atoms with Crippen LogP contribution >= 0.6 is 0 Å². The van der Waals surface area contributed by atoms with Gasteiger partial charge in [-0.25, -0.2) is 0 Å². The second-order valence-corrected chi connectivity index (χ2v) is 3.37. The maximum absolute atomic E-state index is 5.55. The summed E-state index contributed by atoms with van der Waals surface area (Å²) >= 11 is 0. The Kier molecular flexibility index (Phi) is 2.31. The van der Waals surface area contributed by atoms with Crippen molar-refractivity contribution >= 4 is 11.0 Å². The van der Waals surface area contributed by atoms with Crippen LogP contribution in [0.4, 0.5) is 0 Å². The molecule has 0 aliphatic rings. The predicted octanol–water partition coefficient (Wildman–Crippen LogP) is 2.42. The predicted molar refractivity (Wildman–Crippen MR) is 55.3 cm³/mol. The summed E-state index contributed by atoms with van der Waals surface area (Å²) in [6.07, 6.45) is 3.55. The van der Waals surface area contributed by atoms with E-state index in [2.05, 4.69) is 9.97 Å². The van der Waals surface area contributed by atoms with Crippen molar-refractivity contribution in [1.29, 1.82) is 0 Å². The Morgan fingerprint density at radius 3 is 2.50 bits per heavy atom. The molecule has 72 valence electrons. The molecule has 0 aliphatic heterocycles. The third-order valence-corrected chi connectivity index (χ3v) is 1.81. The molecular formula is C11H12N2O. The monoisotopic (exact) mass is 188 g/mol. The Bertz CT molecular complexity index is 440. The first-order valence-corrected chi connectivity index (χ1v) is 4.63. The van der Waals surface area contributed by atoms with Gasteiger partial charge in [0.25, 0.3) is 0 Å². The number of nitrogens with zero attached hydrogens (tertiary/aromatic N) is 2. The van der Waals surface area contributed by atoms with Crippen molar-refractivity contribution < 1.29 is 4.74 Å². The summed E-state index contributed by atoms with van der Waals surface area (Å²) in [4.78, 5) is 8.39. The molecule has 0 bridgehead atoms. The molecule has 0 aliphatic carbocycles. The first-order chi connectivity index (χ1) is 6.75. The summed E-state index contributed by atoms with van der Waals surface area (Å²) in [7, 11) is 0. The molecule has 0 N–H and O–H groups in total. The van der Waals surface area contributed by atoms with Gasteiger partial charge in [0.15, 0.2) is 0 Å². The molecule has 0 saturated heterocycles. The van der Waals surface area contributed by atoms with Crippen LogP contribution in [-0.4, -0.2) is 16.1 Å². The van der Waals surface area contributed by atoms with E-state index in [0.717, 1.165) is 16.8 Å². The third-order valence-electron chi connectivity index (χ3n) is 1.81. The fourth-order valence-electron chi connectivity index (χ4n) is 1.29. The molecule has 0 amide bonds. The van der Waals surface area contributed by atoms with Crippen LogP contribution in [0.5, 0.6) is 5.75 Å². The van der Waals surface area contributed by atoms with Gasteiger partial charge in [-0.05, 0) is 26.0 Å². The van der Waals surface area contributed by atoms with Gasteiger partial charge in [0.05, 0.1) is 17.1 Å². The molecule has 0 fully saturated rings. The number of hydrogen-bond donors (Lipinski definition) is 0. The zero-order valence-electron chi connectivity index (χ0n) is 8.27. The zero-order valence-corrected chi connectivity index (χ0v) is 8.27. The minimum atomic E-state index is 0.184. The van der Waals surface area contributed by atoms with Crippen molar-refractivity contribution in [2.24, 2.45) is 0 Å². The van der Waals surface area contributed by atoms with Gasteiger partial charge in [0.1, 0.15) is 5.75 Å². The fraction of sp³-hybridized carbons (Fsp3) is 0.273. The molecule has 1 aromatic carbocycles. The molecule has 0 atom stereocenters. The van der Waals surface area contributed by atoms with Gasteiger partial charge in [0, 0.05) is 18.5 Å². The van der Waals surface area contributed by atoms with E-state index >= 15 is 0 Å². The lowest BCUT2D eigenvalue weighted by Gasteiger charge is -2.09. The van der Waals surface area contributed by atoms with Gasteiger partial charge in [-0.2, -0.15) is 0 Å². The Morgan fingerprint density at radius 2 is 1.79 bits per heavy atom. The van der Waals surface area contributed by atoms with E-state index in [4.69, 9.17) is 4.74 Å². The van der Waals surface area contributed by atoms with E-state index in [1.54, 1.807) is 12.4 Å².